The van der Waals surface area contributed by atoms with Crippen LogP contribution in [0.2, 0.25) is 0 Å². The van der Waals surface area contributed by atoms with Crippen molar-refractivity contribution >= 4 is 34.3 Å². The number of hydrogen-bond donors (Lipinski definition) is 2. The van der Waals surface area contributed by atoms with E-state index in [0.29, 0.717) is 18.1 Å². The number of carbonyl (C=O) groups is 3. The summed E-state index contributed by atoms with van der Waals surface area (Å²) in [5, 5.41) is 6.01. The molecule has 0 spiro atoms. The minimum Gasteiger partial charge on any atom is -0.325 e. The Bertz CT molecular complexity index is 888. The molecule has 2 aliphatic rings. The fourth-order valence-electron chi connectivity index (χ4n) is 3.75. The number of thiazole rings is 1. The normalized spacial score (nSPS) is 18.9. The van der Waals surface area contributed by atoms with Crippen LogP contribution in [0, 0.1) is 0 Å². The number of imide groups is 1. The van der Waals surface area contributed by atoms with Gasteiger partial charge in [0.25, 0.3) is 5.91 Å². The van der Waals surface area contributed by atoms with Crippen molar-refractivity contribution in [2.45, 2.75) is 51.0 Å². The van der Waals surface area contributed by atoms with E-state index in [1.807, 2.05) is 30.3 Å². The van der Waals surface area contributed by atoms with Gasteiger partial charge in [0.2, 0.25) is 5.91 Å². The molecule has 1 aromatic heterocycles. The van der Waals surface area contributed by atoms with Gasteiger partial charge in [0.1, 0.15) is 6.04 Å². The van der Waals surface area contributed by atoms with Gasteiger partial charge in [-0.1, -0.05) is 36.8 Å². The fraction of sp³-hybridized carbons (Fsp3) is 0.429. The quantitative estimate of drug-likeness (QED) is 0.564. The summed E-state index contributed by atoms with van der Waals surface area (Å²) < 4.78 is 0. The molecular weight excluding hydrogens is 388 g/mol. The van der Waals surface area contributed by atoms with Crippen LogP contribution in [0.25, 0.3) is 0 Å². The van der Waals surface area contributed by atoms with Gasteiger partial charge in [-0.3, -0.25) is 14.5 Å². The number of hydrogen-bond acceptors (Lipinski definition) is 5. The molecule has 29 heavy (non-hydrogen) atoms. The van der Waals surface area contributed by atoms with E-state index >= 15 is 0 Å². The number of aromatic nitrogens is 1. The van der Waals surface area contributed by atoms with Gasteiger partial charge < -0.3 is 10.6 Å². The fourth-order valence-corrected chi connectivity index (χ4v) is 4.82. The third-order valence-corrected chi connectivity index (χ3v) is 6.38. The van der Waals surface area contributed by atoms with Gasteiger partial charge in [0, 0.05) is 11.4 Å². The monoisotopic (exact) mass is 412 g/mol. The lowest BCUT2D eigenvalue weighted by atomic mass is 10.1. The Morgan fingerprint density at radius 1 is 1.17 bits per heavy atom. The molecule has 2 N–H and O–H groups in total. The second-order valence-corrected chi connectivity index (χ2v) is 8.51. The van der Waals surface area contributed by atoms with Gasteiger partial charge >= 0.3 is 6.03 Å². The van der Waals surface area contributed by atoms with Crippen molar-refractivity contribution in [1.82, 2.24) is 15.2 Å². The lowest BCUT2D eigenvalue weighted by Gasteiger charge is -2.12. The van der Waals surface area contributed by atoms with Crippen LogP contribution in [0.5, 0.6) is 0 Å². The Hall–Kier alpha value is -2.74. The number of amides is 4. The second-order valence-electron chi connectivity index (χ2n) is 7.43. The molecule has 0 saturated carbocycles. The van der Waals surface area contributed by atoms with Crippen LogP contribution in [-0.2, 0) is 28.9 Å². The molecule has 4 rings (SSSR count). The standard InChI is InChI=1S/C21H24N4O3S/c26-18(24-20-22-15-9-5-2-6-10-17(15)29-20)13-16-19(27)25(21(28)23-16)12-11-14-7-3-1-4-8-14/h1,3-4,7-8,16H,2,5-6,9-13H2,(H,23,28)(H,22,24,26)/t16-/m1/s1. The maximum Gasteiger partial charge on any atom is 0.324 e. The molecule has 1 aliphatic heterocycles. The number of nitrogens with one attached hydrogen (secondary N) is 2. The Morgan fingerprint density at radius 2 is 1.97 bits per heavy atom. The van der Waals surface area contributed by atoms with Crippen molar-refractivity contribution in [3.8, 4) is 0 Å². The summed E-state index contributed by atoms with van der Waals surface area (Å²) in [5.74, 6) is -0.659. The van der Waals surface area contributed by atoms with Crippen molar-refractivity contribution in [2.75, 3.05) is 11.9 Å². The summed E-state index contributed by atoms with van der Waals surface area (Å²) in [5.41, 5.74) is 2.14. The highest BCUT2D eigenvalue weighted by atomic mass is 32.1. The number of carbonyl (C=O) groups excluding carboxylic acids is 3. The minimum absolute atomic E-state index is 0.0866. The second kappa shape index (κ2) is 8.73. The highest BCUT2D eigenvalue weighted by Crippen LogP contribution is 2.29. The third-order valence-electron chi connectivity index (χ3n) is 5.31. The zero-order valence-corrected chi connectivity index (χ0v) is 17.0. The molecule has 1 aliphatic carbocycles. The zero-order chi connectivity index (χ0) is 20.2. The molecule has 1 fully saturated rings. The van der Waals surface area contributed by atoms with Crippen molar-refractivity contribution in [2.24, 2.45) is 0 Å². The average molecular weight is 413 g/mol. The molecule has 1 aromatic carbocycles. The van der Waals surface area contributed by atoms with Crippen LogP contribution in [0.3, 0.4) is 0 Å². The van der Waals surface area contributed by atoms with E-state index in [1.54, 1.807) is 0 Å². The topological polar surface area (TPSA) is 91.4 Å². The van der Waals surface area contributed by atoms with Crippen LogP contribution in [-0.4, -0.2) is 40.3 Å². The van der Waals surface area contributed by atoms with Crippen molar-refractivity contribution < 1.29 is 14.4 Å². The first-order chi connectivity index (χ1) is 14.1. The predicted molar refractivity (Wildman–Crippen MR) is 111 cm³/mol. The lowest BCUT2D eigenvalue weighted by molar-refractivity contribution is -0.129. The first kappa shape index (κ1) is 19.6. The molecule has 8 heteroatoms. The van der Waals surface area contributed by atoms with Crippen LogP contribution in [0.4, 0.5) is 9.93 Å². The first-order valence-corrected chi connectivity index (χ1v) is 10.9. The zero-order valence-electron chi connectivity index (χ0n) is 16.1. The molecule has 7 nitrogen and oxygen atoms in total. The van der Waals surface area contributed by atoms with Gasteiger partial charge in [0.05, 0.1) is 12.1 Å². The summed E-state index contributed by atoms with van der Waals surface area (Å²) in [6.07, 6.45) is 5.97. The van der Waals surface area contributed by atoms with Gasteiger partial charge in [-0.2, -0.15) is 0 Å². The Labute approximate surface area is 173 Å². The van der Waals surface area contributed by atoms with E-state index in [0.717, 1.165) is 36.9 Å². The molecule has 0 bridgehead atoms. The van der Waals surface area contributed by atoms with E-state index in [-0.39, 0.29) is 18.2 Å². The number of rotatable bonds is 6. The van der Waals surface area contributed by atoms with E-state index < -0.39 is 12.1 Å². The van der Waals surface area contributed by atoms with Crippen LogP contribution >= 0.6 is 11.3 Å². The number of urea groups is 1. The Kier molecular flexibility index (Phi) is 5.89. The van der Waals surface area contributed by atoms with E-state index in [2.05, 4.69) is 15.6 Å². The van der Waals surface area contributed by atoms with E-state index in [9.17, 15) is 14.4 Å². The number of aryl methyl sites for hydroxylation is 2. The van der Waals surface area contributed by atoms with Crippen LogP contribution < -0.4 is 10.6 Å². The third kappa shape index (κ3) is 4.64. The number of fused-ring (bicyclic) bond motifs is 1. The van der Waals surface area contributed by atoms with Crippen LogP contribution in [0.1, 0.15) is 41.8 Å². The van der Waals surface area contributed by atoms with Gasteiger partial charge in [-0.25, -0.2) is 9.78 Å². The van der Waals surface area contributed by atoms with E-state index in [4.69, 9.17) is 0 Å². The molecule has 2 aromatic rings. The molecular formula is C21H24N4O3S. The maximum atomic E-state index is 12.6. The van der Waals surface area contributed by atoms with Crippen LogP contribution in [0.15, 0.2) is 30.3 Å². The number of anilines is 1. The lowest BCUT2D eigenvalue weighted by Crippen LogP contribution is -2.34. The average Bonchev–Trinajstić information content (AvgIpc) is 3.11. The van der Waals surface area contributed by atoms with Gasteiger partial charge in [-0.15, -0.1) is 11.3 Å². The number of benzene rings is 1. The summed E-state index contributed by atoms with van der Waals surface area (Å²) >= 11 is 1.52. The highest BCUT2D eigenvalue weighted by molar-refractivity contribution is 7.15. The number of nitrogens with zero attached hydrogens (tertiary/aromatic N) is 2. The van der Waals surface area contributed by atoms with Crippen molar-refractivity contribution in [1.29, 1.82) is 0 Å². The molecule has 0 radical (unpaired) electrons. The van der Waals surface area contributed by atoms with E-state index in [1.165, 1.54) is 27.5 Å². The molecule has 1 saturated heterocycles. The largest absolute Gasteiger partial charge is 0.325 e. The molecule has 1 atom stereocenters. The molecule has 4 amide bonds. The SMILES string of the molecule is O=C(C[C@H]1NC(=O)N(CCc2ccccc2)C1=O)Nc1nc2c(s1)CCCCC2. The Morgan fingerprint density at radius 3 is 2.79 bits per heavy atom. The van der Waals surface area contributed by atoms with Gasteiger partial charge in [-0.05, 0) is 37.7 Å². The maximum absolute atomic E-state index is 12.6. The summed E-state index contributed by atoms with van der Waals surface area (Å²) in [4.78, 5) is 44.1. The van der Waals surface area contributed by atoms with Crippen molar-refractivity contribution in [3.63, 3.8) is 0 Å². The van der Waals surface area contributed by atoms with Crippen molar-refractivity contribution in [3.05, 3.63) is 46.5 Å². The summed E-state index contributed by atoms with van der Waals surface area (Å²) in [6, 6.07) is 8.42. The molecule has 2 heterocycles. The molecule has 0 unspecified atom stereocenters. The first-order valence-electron chi connectivity index (χ1n) is 10.0. The highest BCUT2D eigenvalue weighted by Gasteiger charge is 2.38. The predicted octanol–water partition coefficient (Wildman–Crippen LogP) is 2.90. The summed E-state index contributed by atoms with van der Waals surface area (Å²) in [7, 11) is 0. The smallest absolute Gasteiger partial charge is 0.324 e. The van der Waals surface area contributed by atoms with Gasteiger partial charge in [0.15, 0.2) is 5.13 Å². The summed E-state index contributed by atoms with van der Waals surface area (Å²) in [6.45, 7) is 0.298. The molecule has 152 valence electrons. The minimum atomic E-state index is -0.823. The Balaban J connectivity index is 1.31.